The maximum absolute atomic E-state index is 11.5. The molecule has 0 bridgehead atoms. The molecule has 39 heavy (non-hydrogen) atoms. The molecule has 0 saturated heterocycles. The van der Waals surface area contributed by atoms with Crippen molar-refractivity contribution in [3.63, 3.8) is 0 Å². The molecule has 0 spiro atoms. The van der Waals surface area contributed by atoms with Crippen molar-refractivity contribution in [3.8, 4) is 17.2 Å². The topological polar surface area (TPSA) is 97.4 Å². The average Bonchev–Trinajstić information content (AvgIpc) is 2.94. The van der Waals surface area contributed by atoms with Crippen molar-refractivity contribution in [3.05, 3.63) is 117 Å². The van der Waals surface area contributed by atoms with Crippen LogP contribution in [0.1, 0.15) is 11.1 Å². The van der Waals surface area contributed by atoms with Gasteiger partial charge in [0, 0.05) is 24.1 Å². The number of phenols is 1. The van der Waals surface area contributed by atoms with Gasteiger partial charge in [0.15, 0.2) is 5.17 Å². The number of benzene rings is 4. The van der Waals surface area contributed by atoms with Gasteiger partial charge in [-0.15, -0.1) is 0 Å². The number of amidine groups is 1. The SMILES string of the molecule is COc1cccc(CN(Cc2ccc(O)cc2)C(=Nc2ccc(Cl)c([N+](=O)[O-])c2)Sc2cccc(OC)c2)c1. The largest absolute Gasteiger partial charge is 0.508 e. The molecule has 4 aromatic rings. The predicted octanol–water partition coefficient (Wildman–Crippen LogP) is 7.45. The standard InChI is InChI=1S/C29H26ClN3O5S/c1-37-24-6-3-5-21(15-24)19-32(18-20-9-12-23(34)13-10-20)29(39-26-8-4-7-25(17-26)38-2)31-22-11-14-27(30)28(16-22)33(35)36/h3-17,34H,18-19H2,1-2H3. The predicted molar refractivity (Wildman–Crippen MR) is 154 cm³/mol. The number of thioether (sulfide) groups is 1. The van der Waals surface area contributed by atoms with E-state index in [1.165, 1.54) is 23.9 Å². The van der Waals surface area contributed by atoms with E-state index in [1.807, 2.05) is 60.7 Å². The molecule has 4 aromatic carbocycles. The first kappa shape index (κ1) is 27.8. The van der Waals surface area contributed by atoms with Crippen LogP contribution in [0.25, 0.3) is 0 Å². The summed E-state index contributed by atoms with van der Waals surface area (Å²) < 4.78 is 10.8. The van der Waals surface area contributed by atoms with Gasteiger partial charge in [0.05, 0.1) is 24.8 Å². The van der Waals surface area contributed by atoms with Gasteiger partial charge in [-0.3, -0.25) is 10.1 Å². The lowest BCUT2D eigenvalue weighted by Crippen LogP contribution is -2.28. The molecule has 0 amide bonds. The van der Waals surface area contributed by atoms with Crippen LogP contribution < -0.4 is 9.47 Å². The van der Waals surface area contributed by atoms with Gasteiger partial charge in [0.2, 0.25) is 0 Å². The zero-order valence-corrected chi connectivity index (χ0v) is 22.9. The highest BCUT2D eigenvalue weighted by molar-refractivity contribution is 8.13. The first-order valence-electron chi connectivity index (χ1n) is 11.8. The Labute approximate surface area is 235 Å². The van der Waals surface area contributed by atoms with E-state index >= 15 is 0 Å². The number of phenolic OH excluding ortho intramolecular Hbond substituents is 1. The van der Waals surface area contributed by atoms with Crippen molar-refractivity contribution in [2.75, 3.05) is 14.2 Å². The second-order valence-corrected chi connectivity index (χ2v) is 9.89. The smallest absolute Gasteiger partial charge is 0.290 e. The normalized spacial score (nSPS) is 11.2. The lowest BCUT2D eigenvalue weighted by molar-refractivity contribution is -0.384. The number of nitrogens with zero attached hydrogens (tertiary/aromatic N) is 3. The zero-order chi connectivity index (χ0) is 27.8. The fourth-order valence-corrected chi connectivity index (χ4v) is 4.88. The van der Waals surface area contributed by atoms with E-state index in [4.69, 9.17) is 26.1 Å². The fourth-order valence-electron chi connectivity index (χ4n) is 3.75. The average molecular weight is 564 g/mol. The summed E-state index contributed by atoms with van der Waals surface area (Å²) in [6.45, 7) is 0.909. The lowest BCUT2D eigenvalue weighted by atomic mass is 10.1. The summed E-state index contributed by atoms with van der Waals surface area (Å²) in [7, 11) is 3.22. The summed E-state index contributed by atoms with van der Waals surface area (Å²) in [6.07, 6.45) is 0. The van der Waals surface area contributed by atoms with E-state index < -0.39 is 4.92 Å². The summed E-state index contributed by atoms with van der Waals surface area (Å²) in [5.41, 5.74) is 2.09. The van der Waals surface area contributed by atoms with Gasteiger partial charge in [-0.1, -0.05) is 53.7 Å². The second kappa shape index (κ2) is 13.0. The first-order chi connectivity index (χ1) is 18.8. The number of ether oxygens (including phenoxy) is 2. The number of aliphatic imine (C=N–C) groups is 1. The molecule has 0 heterocycles. The Morgan fingerprint density at radius 3 is 2.28 bits per heavy atom. The molecule has 0 unspecified atom stereocenters. The Morgan fingerprint density at radius 2 is 1.59 bits per heavy atom. The van der Waals surface area contributed by atoms with Crippen molar-refractivity contribution in [2.24, 2.45) is 4.99 Å². The Bertz CT molecular complexity index is 1480. The third-order valence-corrected chi connectivity index (χ3v) is 7.03. The first-order valence-corrected chi connectivity index (χ1v) is 13.0. The Kier molecular flexibility index (Phi) is 9.30. The number of aromatic hydroxyl groups is 1. The van der Waals surface area contributed by atoms with Crippen LogP contribution in [-0.2, 0) is 13.1 Å². The number of rotatable bonds is 9. The van der Waals surface area contributed by atoms with Crippen LogP contribution in [0.15, 0.2) is 101 Å². The lowest BCUT2D eigenvalue weighted by Gasteiger charge is -2.26. The van der Waals surface area contributed by atoms with E-state index in [2.05, 4.69) is 4.90 Å². The van der Waals surface area contributed by atoms with Crippen molar-refractivity contribution in [2.45, 2.75) is 18.0 Å². The highest BCUT2D eigenvalue weighted by atomic mass is 35.5. The number of hydrogen-bond donors (Lipinski definition) is 1. The van der Waals surface area contributed by atoms with Gasteiger partial charge < -0.3 is 19.5 Å². The highest BCUT2D eigenvalue weighted by Gasteiger charge is 2.18. The minimum atomic E-state index is -0.527. The molecular formula is C29H26ClN3O5S. The minimum Gasteiger partial charge on any atom is -0.508 e. The Morgan fingerprint density at radius 1 is 0.923 bits per heavy atom. The highest BCUT2D eigenvalue weighted by Crippen LogP contribution is 2.33. The second-order valence-electron chi connectivity index (χ2n) is 8.44. The van der Waals surface area contributed by atoms with E-state index in [9.17, 15) is 15.2 Å². The zero-order valence-electron chi connectivity index (χ0n) is 21.3. The van der Waals surface area contributed by atoms with Gasteiger partial charge in [-0.25, -0.2) is 4.99 Å². The molecule has 0 aliphatic rings. The third-order valence-electron chi connectivity index (χ3n) is 5.69. The summed E-state index contributed by atoms with van der Waals surface area (Å²) in [4.78, 5) is 18.8. The van der Waals surface area contributed by atoms with Crippen LogP contribution in [0.2, 0.25) is 5.02 Å². The van der Waals surface area contributed by atoms with Gasteiger partial charge in [0.1, 0.15) is 22.3 Å². The van der Waals surface area contributed by atoms with Gasteiger partial charge in [-0.2, -0.15) is 0 Å². The molecule has 200 valence electrons. The molecule has 0 aromatic heterocycles. The monoisotopic (exact) mass is 563 g/mol. The summed E-state index contributed by atoms with van der Waals surface area (Å²) in [5.74, 6) is 1.59. The molecule has 0 aliphatic heterocycles. The fraction of sp³-hybridized carbons (Fsp3) is 0.138. The van der Waals surface area contributed by atoms with E-state index in [0.29, 0.717) is 29.7 Å². The third kappa shape index (κ3) is 7.66. The van der Waals surface area contributed by atoms with Crippen molar-refractivity contribution < 1.29 is 19.5 Å². The molecule has 0 aliphatic carbocycles. The number of nitro groups is 1. The Balaban J connectivity index is 1.81. The van der Waals surface area contributed by atoms with Crippen LogP contribution >= 0.6 is 23.4 Å². The van der Waals surface area contributed by atoms with Crippen LogP contribution in [0.5, 0.6) is 17.2 Å². The van der Waals surface area contributed by atoms with Crippen LogP contribution in [0.4, 0.5) is 11.4 Å². The number of nitro benzene ring substituents is 1. The number of halogens is 1. The van der Waals surface area contributed by atoms with E-state index in [-0.39, 0.29) is 16.5 Å². The van der Waals surface area contributed by atoms with Crippen molar-refractivity contribution in [1.82, 2.24) is 4.90 Å². The van der Waals surface area contributed by atoms with Crippen molar-refractivity contribution >= 4 is 39.9 Å². The maximum atomic E-state index is 11.5. The molecule has 0 saturated carbocycles. The van der Waals surface area contributed by atoms with Crippen LogP contribution in [-0.4, -0.2) is 34.3 Å². The molecule has 1 N–H and O–H groups in total. The molecule has 0 radical (unpaired) electrons. The van der Waals surface area contributed by atoms with Crippen LogP contribution in [0, 0.1) is 10.1 Å². The molecule has 10 heteroatoms. The molecule has 0 fully saturated rings. The summed E-state index contributed by atoms with van der Waals surface area (Å²) in [6, 6.07) is 26.7. The van der Waals surface area contributed by atoms with E-state index in [1.54, 1.807) is 32.4 Å². The summed E-state index contributed by atoms with van der Waals surface area (Å²) in [5, 5.41) is 22.0. The van der Waals surface area contributed by atoms with Gasteiger partial charge in [-0.05, 0) is 65.7 Å². The van der Waals surface area contributed by atoms with Crippen LogP contribution in [0.3, 0.4) is 0 Å². The maximum Gasteiger partial charge on any atom is 0.290 e. The molecular weight excluding hydrogens is 538 g/mol. The van der Waals surface area contributed by atoms with Crippen molar-refractivity contribution in [1.29, 1.82) is 0 Å². The van der Waals surface area contributed by atoms with E-state index in [0.717, 1.165) is 21.8 Å². The number of hydrogen-bond acceptors (Lipinski definition) is 7. The number of methoxy groups -OCH3 is 2. The summed E-state index contributed by atoms with van der Waals surface area (Å²) >= 11 is 7.46. The molecule has 8 nitrogen and oxygen atoms in total. The minimum absolute atomic E-state index is 0.0401. The van der Waals surface area contributed by atoms with Gasteiger partial charge >= 0.3 is 0 Å². The molecule has 4 rings (SSSR count). The van der Waals surface area contributed by atoms with Gasteiger partial charge in [0.25, 0.3) is 5.69 Å². The Hall–Kier alpha value is -4.21. The quantitative estimate of drug-likeness (QED) is 0.0742. The molecule has 0 atom stereocenters.